The van der Waals surface area contributed by atoms with E-state index in [2.05, 4.69) is 5.16 Å². The molecule has 54 valence electrons. The maximum absolute atomic E-state index is 10.3. The highest BCUT2D eigenvalue weighted by atomic mass is 16.5. The normalized spacial score (nSPS) is 9.70. The molecule has 0 fully saturated rings. The number of carbonyl (C=O) groups is 1. The Morgan fingerprint density at radius 2 is 2.60 bits per heavy atom. The van der Waals surface area contributed by atoms with Crippen LogP contribution in [0.2, 0.25) is 0 Å². The van der Waals surface area contributed by atoms with E-state index >= 15 is 0 Å². The molecule has 0 bridgehead atoms. The number of carbonyl (C=O) groups excluding carboxylic acids is 1. The summed E-state index contributed by atoms with van der Waals surface area (Å²) in [4.78, 5) is 10.3. The SMILES string of the molecule is Cc1cc(CC(N)=O)on1. The molecule has 4 nitrogen and oxygen atoms in total. The third-order valence-electron chi connectivity index (χ3n) is 1.03. The standard InChI is InChI=1S/C6H8N2O2/c1-4-2-5(10-8-4)3-6(7)9/h2H,3H2,1H3,(H2,7,9). The molecule has 1 amide bonds. The van der Waals surface area contributed by atoms with Crippen molar-refractivity contribution in [3.05, 3.63) is 17.5 Å². The zero-order chi connectivity index (χ0) is 7.56. The van der Waals surface area contributed by atoms with Crippen LogP contribution in [0, 0.1) is 6.92 Å². The summed E-state index contributed by atoms with van der Waals surface area (Å²) in [5.41, 5.74) is 5.67. The van der Waals surface area contributed by atoms with Gasteiger partial charge in [-0.15, -0.1) is 0 Å². The third-order valence-corrected chi connectivity index (χ3v) is 1.03. The zero-order valence-corrected chi connectivity index (χ0v) is 5.63. The second kappa shape index (κ2) is 2.51. The first-order valence-corrected chi connectivity index (χ1v) is 2.89. The molecule has 0 saturated carbocycles. The Hall–Kier alpha value is -1.32. The Labute approximate surface area is 58.0 Å². The van der Waals surface area contributed by atoms with E-state index in [0.717, 1.165) is 5.69 Å². The Morgan fingerprint density at radius 3 is 3.00 bits per heavy atom. The minimum atomic E-state index is -0.406. The third kappa shape index (κ3) is 1.58. The Kier molecular flexibility index (Phi) is 1.71. The predicted octanol–water partition coefficient (Wildman–Crippen LogP) is 0.0108. The summed E-state index contributed by atoms with van der Waals surface area (Å²) in [6.45, 7) is 1.79. The van der Waals surface area contributed by atoms with E-state index < -0.39 is 5.91 Å². The van der Waals surface area contributed by atoms with Crippen LogP contribution in [0.4, 0.5) is 0 Å². The highest BCUT2D eigenvalue weighted by Crippen LogP contribution is 2.01. The monoisotopic (exact) mass is 140 g/mol. The lowest BCUT2D eigenvalue weighted by Crippen LogP contribution is -2.12. The maximum Gasteiger partial charge on any atom is 0.225 e. The molecule has 2 N–H and O–H groups in total. The van der Waals surface area contributed by atoms with Gasteiger partial charge in [-0.05, 0) is 6.92 Å². The summed E-state index contributed by atoms with van der Waals surface area (Å²) in [6.07, 6.45) is 0.126. The molecular weight excluding hydrogens is 132 g/mol. The van der Waals surface area contributed by atoms with Crippen LogP contribution >= 0.6 is 0 Å². The molecule has 0 aliphatic heterocycles. The number of hydrogen-bond acceptors (Lipinski definition) is 3. The number of aromatic nitrogens is 1. The van der Waals surface area contributed by atoms with Crippen molar-refractivity contribution in [3.63, 3.8) is 0 Å². The molecule has 0 aromatic carbocycles. The largest absolute Gasteiger partial charge is 0.369 e. The van der Waals surface area contributed by atoms with Gasteiger partial charge in [-0.3, -0.25) is 4.79 Å². The van der Waals surface area contributed by atoms with Gasteiger partial charge in [-0.2, -0.15) is 0 Å². The highest BCUT2D eigenvalue weighted by Gasteiger charge is 2.02. The Balaban J connectivity index is 2.67. The van der Waals surface area contributed by atoms with E-state index in [1.807, 2.05) is 0 Å². The zero-order valence-electron chi connectivity index (χ0n) is 5.63. The van der Waals surface area contributed by atoms with Crippen LogP contribution in [-0.4, -0.2) is 11.1 Å². The van der Waals surface area contributed by atoms with E-state index in [1.54, 1.807) is 13.0 Å². The van der Waals surface area contributed by atoms with Crippen LogP contribution in [0.1, 0.15) is 11.5 Å². The molecule has 1 aromatic rings. The smallest absolute Gasteiger partial charge is 0.225 e. The number of rotatable bonds is 2. The molecule has 0 saturated heterocycles. The molecule has 1 rings (SSSR count). The molecule has 4 heteroatoms. The number of aryl methyl sites for hydroxylation is 1. The molecule has 0 aliphatic carbocycles. The van der Waals surface area contributed by atoms with Crippen molar-refractivity contribution in [3.8, 4) is 0 Å². The number of nitrogens with two attached hydrogens (primary N) is 1. The second-order valence-corrected chi connectivity index (χ2v) is 2.08. The van der Waals surface area contributed by atoms with Crippen LogP contribution in [0.5, 0.6) is 0 Å². The average Bonchev–Trinajstić information content (AvgIpc) is 2.13. The van der Waals surface area contributed by atoms with Gasteiger partial charge in [0.05, 0.1) is 12.1 Å². The van der Waals surface area contributed by atoms with E-state index in [-0.39, 0.29) is 6.42 Å². The number of primary amides is 1. The summed E-state index contributed by atoms with van der Waals surface area (Å²) in [7, 11) is 0. The summed E-state index contributed by atoms with van der Waals surface area (Å²) < 4.78 is 4.72. The van der Waals surface area contributed by atoms with E-state index in [4.69, 9.17) is 10.3 Å². The first-order chi connectivity index (χ1) is 4.68. The lowest BCUT2D eigenvalue weighted by molar-refractivity contribution is -0.117. The van der Waals surface area contributed by atoms with Crippen LogP contribution in [-0.2, 0) is 11.2 Å². The van der Waals surface area contributed by atoms with Crippen molar-refractivity contribution in [2.45, 2.75) is 13.3 Å². The maximum atomic E-state index is 10.3. The topological polar surface area (TPSA) is 69.1 Å². The van der Waals surface area contributed by atoms with E-state index in [9.17, 15) is 4.79 Å². The van der Waals surface area contributed by atoms with Gasteiger partial charge in [-0.1, -0.05) is 5.16 Å². The van der Waals surface area contributed by atoms with Crippen LogP contribution in [0.15, 0.2) is 10.6 Å². The second-order valence-electron chi connectivity index (χ2n) is 2.08. The predicted molar refractivity (Wildman–Crippen MR) is 34.1 cm³/mol. The van der Waals surface area contributed by atoms with E-state index in [0.29, 0.717) is 5.76 Å². The van der Waals surface area contributed by atoms with Crippen LogP contribution < -0.4 is 5.73 Å². The summed E-state index contributed by atoms with van der Waals surface area (Å²) in [6, 6.07) is 1.69. The quantitative estimate of drug-likeness (QED) is 0.629. The fraction of sp³-hybridized carbons (Fsp3) is 0.333. The van der Waals surface area contributed by atoms with Gasteiger partial charge in [0.25, 0.3) is 0 Å². The molecule has 1 aromatic heterocycles. The fourth-order valence-corrected chi connectivity index (χ4v) is 0.671. The lowest BCUT2D eigenvalue weighted by atomic mass is 10.3. The fourth-order valence-electron chi connectivity index (χ4n) is 0.671. The lowest BCUT2D eigenvalue weighted by Gasteiger charge is -1.84. The van der Waals surface area contributed by atoms with Gasteiger partial charge < -0.3 is 10.3 Å². The average molecular weight is 140 g/mol. The molecule has 0 aliphatic rings. The molecule has 0 spiro atoms. The van der Waals surface area contributed by atoms with Crippen molar-refractivity contribution in [1.82, 2.24) is 5.16 Å². The first kappa shape index (κ1) is 6.80. The Bertz CT molecular complexity index is 242. The van der Waals surface area contributed by atoms with Crippen molar-refractivity contribution in [2.75, 3.05) is 0 Å². The van der Waals surface area contributed by atoms with Gasteiger partial charge in [0.2, 0.25) is 5.91 Å². The van der Waals surface area contributed by atoms with E-state index in [1.165, 1.54) is 0 Å². The van der Waals surface area contributed by atoms with Crippen LogP contribution in [0.3, 0.4) is 0 Å². The Morgan fingerprint density at radius 1 is 1.90 bits per heavy atom. The van der Waals surface area contributed by atoms with Gasteiger partial charge in [0, 0.05) is 6.07 Å². The van der Waals surface area contributed by atoms with Gasteiger partial charge in [0.15, 0.2) is 0 Å². The summed E-state index contributed by atoms with van der Waals surface area (Å²) in [5, 5.41) is 3.59. The molecule has 0 radical (unpaired) electrons. The summed E-state index contributed by atoms with van der Waals surface area (Å²) in [5.74, 6) is 0.112. The van der Waals surface area contributed by atoms with Gasteiger partial charge in [-0.25, -0.2) is 0 Å². The number of hydrogen-bond donors (Lipinski definition) is 1. The van der Waals surface area contributed by atoms with Gasteiger partial charge >= 0.3 is 0 Å². The molecule has 10 heavy (non-hydrogen) atoms. The minimum absolute atomic E-state index is 0.126. The van der Waals surface area contributed by atoms with Gasteiger partial charge in [0.1, 0.15) is 5.76 Å². The van der Waals surface area contributed by atoms with Crippen molar-refractivity contribution in [1.29, 1.82) is 0 Å². The molecule has 0 atom stereocenters. The van der Waals surface area contributed by atoms with Crippen LogP contribution in [0.25, 0.3) is 0 Å². The van der Waals surface area contributed by atoms with Crippen molar-refractivity contribution >= 4 is 5.91 Å². The molecule has 1 heterocycles. The first-order valence-electron chi connectivity index (χ1n) is 2.89. The van der Waals surface area contributed by atoms with Crippen molar-refractivity contribution in [2.24, 2.45) is 5.73 Å². The van der Waals surface area contributed by atoms with Crippen molar-refractivity contribution < 1.29 is 9.32 Å². The number of amides is 1. The highest BCUT2D eigenvalue weighted by molar-refractivity contribution is 5.75. The molecular formula is C6H8N2O2. The molecule has 0 unspecified atom stereocenters. The summed E-state index contributed by atoms with van der Waals surface area (Å²) >= 11 is 0. The number of nitrogens with zero attached hydrogens (tertiary/aromatic N) is 1. The minimum Gasteiger partial charge on any atom is -0.369 e.